The smallest absolute Gasteiger partial charge is 0.225 e. The van der Waals surface area contributed by atoms with Crippen molar-refractivity contribution < 1.29 is 0 Å². The molecule has 1 aliphatic heterocycles. The van der Waals surface area contributed by atoms with E-state index in [1.807, 2.05) is 6.20 Å². The third-order valence-corrected chi connectivity index (χ3v) is 4.40. The topological polar surface area (TPSA) is 44.3 Å². The Morgan fingerprint density at radius 1 is 1.35 bits per heavy atom. The summed E-state index contributed by atoms with van der Waals surface area (Å²) in [5, 5.41) is 3.52. The van der Waals surface area contributed by atoms with Gasteiger partial charge in [-0.15, -0.1) is 0 Å². The summed E-state index contributed by atoms with van der Waals surface area (Å²) in [5.41, 5.74) is 2.33. The van der Waals surface area contributed by atoms with Crippen molar-refractivity contribution in [2.75, 3.05) is 32.1 Å². The Kier molecular flexibility index (Phi) is 3.89. The van der Waals surface area contributed by atoms with Crippen LogP contribution in [0.1, 0.15) is 30.5 Å². The van der Waals surface area contributed by atoms with Crippen LogP contribution in [0, 0.1) is 6.92 Å². The zero-order valence-corrected chi connectivity index (χ0v) is 12.8. The van der Waals surface area contributed by atoms with Crippen molar-refractivity contribution in [1.82, 2.24) is 20.2 Å². The number of anilines is 1. The van der Waals surface area contributed by atoms with Crippen LogP contribution in [0.2, 0.25) is 0 Å². The summed E-state index contributed by atoms with van der Waals surface area (Å²) in [4.78, 5) is 13.9. The maximum atomic E-state index is 4.70. The minimum atomic E-state index is 0.620. The third kappa shape index (κ3) is 3.10. The number of nitrogens with zero attached hydrogens (tertiary/aromatic N) is 4. The molecule has 2 aliphatic rings. The largest absolute Gasteiger partial charge is 0.339 e. The zero-order chi connectivity index (χ0) is 14.1. The number of rotatable bonds is 5. The predicted octanol–water partition coefficient (Wildman–Crippen LogP) is 1.18. The van der Waals surface area contributed by atoms with E-state index in [1.165, 1.54) is 24.8 Å². The fraction of sp³-hybridized carbons (Fsp3) is 0.733. The predicted molar refractivity (Wildman–Crippen MR) is 80.9 cm³/mol. The molecule has 2 heterocycles. The van der Waals surface area contributed by atoms with Crippen LogP contribution in [0.25, 0.3) is 0 Å². The first kappa shape index (κ1) is 13.8. The summed E-state index contributed by atoms with van der Waals surface area (Å²) >= 11 is 0. The molecular formula is C15H25N5. The summed E-state index contributed by atoms with van der Waals surface area (Å²) in [6, 6.07) is 1.35. The first-order valence-corrected chi connectivity index (χ1v) is 7.61. The molecule has 1 unspecified atom stereocenters. The molecule has 110 valence electrons. The van der Waals surface area contributed by atoms with E-state index in [0.29, 0.717) is 6.04 Å². The molecule has 3 rings (SSSR count). The molecule has 5 nitrogen and oxygen atoms in total. The van der Waals surface area contributed by atoms with Crippen LogP contribution in [-0.2, 0) is 6.54 Å². The maximum Gasteiger partial charge on any atom is 0.225 e. The molecule has 0 bridgehead atoms. The summed E-state index contributed by atoms with van der Waals surface area (Å²) < 4.78 is 0. The van der Waals surface area contributed by atoms with E-state index in [0.717, 1.165) is 37.3 Å². The van der Waals surface area contributed by atoms with Crippen molar-refractivity contribution in [2.45, 2.75) is 44.8 Å². The van der Waals surface area contributed by atoms with Crippen LogP contribution in [0.3, 0.4) is 0 Å². The lowest BCUT2D eigenvalue weighted by molar-refractivity contribution is 0.315. The minimum Gasteiger partial charge on any atom is -0.339 e. The summed E-state index contributed by atoms with van der Waals surface area (Å²) in [6.07, 6.45) is 5.83. The molecule has 2 fully saturated rings. The molecule has 1 N–H and O–H groups in total. The highest BCUT2D eigenvalue weighted by molar-refractivity contribution is 5.35. The van der Waals surface area contributed by atoms with Gasteiger partial charge in [-0.3, -0.25) is 0 Å². The van der Waals surface area contributed by atoms with E-state index in [4.69, 9.17) is 4.98 Å². The van der Waals surface area contributed by atoms with E-state index < -0.39 is 0 Å². The number of hydrogen-bond acceptors (Lipinski definition) is 5. The van der Waals surface area contributed by atoms with Crippen molar-refractivity contribution in [2.24, 2.45) is 0 Å². The van der Waals surface area contributed by atoms with Gasteiger partial charge in [0.05, 0.1) is 0 Å². The second-order valence-corrected chi connectivity index (χ2v) is 6.29. The van der Waals surface area contributed by atoms with Crippen LogP contribution in [0.4, 0.5) is 5.95 Å². The van der Waals surface area contributed by atoms with Gasteiger partial charge in [-0.05, 0) is 40.3 Å². The quantitative estimate of drug-likeness (QED) is 0.874. The van der Waals surface area contributed by atoms with Gasteiger partial charge >= 0.3 is 0 Å². The molecule has 1 saturated carbocycles. The Hall–Kier alpha value is -1.20. The fourth-order valence-corrected chi connectivity index (χ4v) is 2.69. The van der Waals surface area contributed by atoms with Crippen molar-refractivity contribution in [1.29, 1.82) is 0 Å². The maximum absolute atomic E-state index is 4.70. The molecule has 1 atom stereocenters. The molecule has 0 amide bonds. The number of nitrogens with one attached hydrogen (secondary N) is 1. The first-order valence-electron chi connectivity index (χ1n) is 7.61. The highest BCUT2D eigenvalue weighted by Gasteiger charge is 2.26. The van der Waals surface area contributed by atoms with Gasteiger partial charge in [-0.25, -0.2) is 9.97 Å². The van der Waals surface area contributed by atoms with Crippen molar-refractivity contribution in [3.05, 3.63) is 17.5 Å². The average molecular weight is 275 g/mol. The van der Waals surface area contributed by atoms with Gasteiger partial charge in [0.25, 0.3) is 0 Å². The number of hydrogen-bond donors (Lipinski definition) is 1. The van der Waals surface area contributed by atoms with Gasteiger partial charge in [-0.2, -0.15) is 0 Å². The van der Waals surface area contributed by atoms with Gasteiger partial charge in [0.1, 0.15) is 0 Å². The lowest BCUT2D eigenvalue weighted by Crippen LogP contribution is -2.32. The second-order valence-electron chi connectivity index (χ2n) is 6.29. The van der Waals surface area contributed by atoms with Gasteiger partial charge in [0.2, 0.25) is 5.95 Å². The molecule has 0 aromatic carbocycles. The SMILES string of the molecule is Cc1nc(N2CCC(N(C)C)C2)ncc1CNC1CC1. The van der Waals surface area contributed by atoms with Crippen LogP contribution in [0.5, 0.6) is 0 Å². The Morgan fingerprint density at radius 2 is 2.15 bits per heavy atom. The van der Waals surface area contributed by atoms with Gasteiger partial charge in [0, 0.05) is 49.2 Å². The Balaban J connectivity index is 1.64. The van der Waals surface area contributed by atoms with Gasteiger partial charge < -0.3 is 15.1 Å². The van der Waals surface area contributed by atoms with Crippen LogP contribution in [0.15, 0.2) is 6.20 Å². The first-order chi connectivity index (χ1) is 9.63. The number of aryl methyl sites for hydroxylation is 1. The van der Waals surface area contributed by atoms with Gasteiger partial charge in [0.15, 0.2) is 0 Å². The van der Waals surface area contributed by atoms with E-state index in [1.54, 1.807) is 0 Å². The minimum absolute atomic E-state index is 0.620. The summed E-state index contributed by atoms with van der Waals surface area (Å²) in [7, 11) is 4.29. The standard InChI is InChI=1S/C15H25N5/c1-11-12(8-16-13-4-5-13)9-17-15(18-11)20-7-6-14(10-20)19(2)3/h9,13-14,16H,4-8,10H2,1-3H3. The van der Waals surface area contributed by atoms with Crippen LogP contribution in [-0.4, -0.2) is 54.1 Å². The molecule has 5 heteroatoms. The lowest BCUT2D eigenvalue weighted by atomic mass is 10.2. The Bertz CT molecular complexity index is 469. The summed E-state index contributed by atoms with van der Waals surface area (Å²) in [5.74, 6) is 0.891. The Morgan fingerprint density at radius 3 is 2.75 bits per heavy atom. The zero-order valence-electron chi connectivity index (χ0n) is 12.8. The Labute approximate surface area is 121 Å². The molecule has 1 aromatic heterocycles. The van der Waals surface area contributed by atoms with Crippen molar-refractivity contribution >= 4 is 5.95 Å². The fourth-order valence-electron chi connectivity index (χ4n) is 2.69. The van der Waals surface area contributed by atoms with Crippen molar-refractivity contribution in [3.8, 4) is 0 Å². The summed E-state index contributed by atoms with van der Waals surface area (Å²) in [6.45, 7) is 5.08. The molecular weight excluding hydrogens is 250 g/mol. The molecule has 1 aliphatic carbocycles. The van der Waals surface area contributed by atoms with Gasteiger partial charge in [-0.1, -0.05) is 0 Å². The number of aromatic nitrogens is 2. The second kappa shape index (κ2) is 5.66. The number of likely N-dealkylation sites (N-methyl/N-ethyl adjacent to an activating group) is 1. The average Bonchev–Trinajstić information content (AvgIpc) is 3.11. The molecule has 1 saturated heterocycles. The van der Waals surface area contributed by atoms with E-state index in [9.17, 15) is 0 Å². The normalized spacial score (nSPS) is 22.8. The van der Waals surface area contributed by atoms with E-state index in [2.05, 4.69) is 41.1 Å². The molecule has 1 aromatic rings. The van der Waals surface area contributed by atoms with Crippen molar-refractivity contribution in [3.63, 3.8) is 0 Å². The van der Waals surface area contributed by atoms with E-state index >= 15 is 0 Å². The van der Waals surface area contributed by atoms with Crippen LogP contribution >= 0.6 is 0 Å². The molecule has 20 heavy (non-hydrogen) atoms. The molecule has 0 radical (unpaired) electrons. The third-order valence-electron chi connectivity index (χ3n) is 4.40. The highest BCUT2D eigenvalue weighted by Crippen LogP contribution is 2.21. The lowest BCUT2D eigenvalue weighted by Gasteiger charge is -2.20. The van der Waals surface area contributed by atoms with Crippen LogP contribution < -0.4 is 10.2 Å². The monoisotopic (exact) mass is 275 g/mol. The molecule has 0 spiro atoms. The highest BCUT2D eigenvalue weighted by atomic mass is 15.3. The van der Waals surface area contributed by atoms with E-state index in [-0.39, 0.29) is 0 Å².